The lowest BCUT2D eigenvalue weighted by molar-refractivity contribution is -0.117. The van der Waals surface area contributed by atoms with Crippen molar-refractivity contribution in [3.63, 3.8) is 0 Å². The van der Waals surface area contributed by atoms with Gasteiger partial charge in [-0.15, -0.1) is 0 Å². The van der Waals surface area contributed by atoms with Crippen molar-refractivity contribution in [2.75, 3.05) is 32.1 Å². The van der Waals surface area contributed by atoms with E-state index in [-0.39, 0.29) is 19.0 Å². The van der Waals surface area contributed by atoms with Crippen LogP contribution >= 0.6 is 15.9 Å². The van der Waals surface area contributed by atoms with Gasteiger partial charge in [-0.2, -0.15) is 0 Å². The van der Waals surface area contributed by atoms with Crippen molar-refractivity contribution in [1.29, 1.82) is 0 Å². The molecular formula is C16H23BrN2O4. The second-order valence-electron chi connectivity index (χ2n) is 5.95. The van der Waals surface area contributed by atoms with E-state index in [2.05, 4.69) is 21.2 Å². The minimum atomic E-state index is -0.620. The average Bonchev–Trinajstić information content (AvgIpc) is 2.44. The zero-order chi connectivity index (χ0) is 17.5. The predicted octanol–water partition coefficient (Wildman–Crippen LogP) is 3.27. The number of nitrogens with zero attached hydrogens (tertiary/aromatic N) is 1. The molecule has 1 aromatic carbocycles. The SMILES string of the molecule is COCCN(CC(=O)Nc1ccc(Br)cc1)C(=O)OC(C)(C)C. The Kier molecular flexibility index (Phi) is 7.51. The van der Waals surface area contributed by atoms with E-state index in [9.17, 15) is 9.59 Å². The van der Waals surface area contributed by atoms with Crippen molar-refractivity contribution in [3.05, 3.63) is 28.7 Å². The Bertz CT molecular complexity index is 526. The second kappa shape index (κ2) is 8.88. The van der Waals surface area contributed by atoms with Crippen molar-refractivity contribution in [1.82, 2.24) is 4.90 Å². The van der Waals surface area contributed by atoms with Gasteiger partial charge < -0.3 is 14.8 Å². The summed E-state index contributed by atoms with van der Waals surface area (Å²) in [5, 5.41) is 2.74. The van der Waals surface area contributed by atoms with E-state index >= 15 is 0 Å². The number of amides is 2. The van der Waals surface area contributed by atoms with E-state index in [0.29, 0.717) is 12.3 Å². The van der Waals surface area contributed by atoms with Gasteiger partial charge in [0.2, 0.25) is 5.91 Å². The first-order chi connectivity index (χ1) is 10.7. The summed E-state index contributed by atoms with van der Waals surface area (Å²) >= 11 is 3.33. The Labute approximate surface area is 145 Å². The summed E-state index contributed by atoms with van der Waals surface area (Å²) in [5.41, 5.74) is 0.0407. The zero-order valence-corrected chi connectivity index (χ0v) is 15.5. The van der Waals surface area contributed by atoms with Gasteiger partial charge in [0.15, 0.2) is 0 Å². The van der Waals surface area contributed by atoms with E-state index in [1.165, 1.54) is 12.0 Å². The number of rotatable bonds is 6. The van der Waals surface area contributed by atoms with Crippen molar-refractivity contribution in [2.24, 2.45) is 0 Å². The van der Waals surface area contributed by atoms with Gasteiger partial charge in [-0.1, -0.05) is 15.9 Å². The number of nitrogens with one attached hydrogen (secondary N) is 1. The quantitative estimate of drug-likeness (QED) is 0.814. The molecule has 6 nitrogen and oxygen atoms in total. The number of ether oxygens (including phenoxy) is 2. The molecule has 0 radical (unpaired) electrons. The van der Waals surface area contributed by atoms with E-state index in [0.717, 1.165) is 4.47 Å². The second-order valence-corrected chi connectivity index (χ2v) is 6.87. The Balaban J connectivity index is 2.66. The number of hydrogen-bond donors (Lipinski definition) is 1. The highest BCUT2D eigenvalue weighted by atomic mass is 79.9. The number of carbonyl (C=O) groups excluding carboxylic acids is 2. The molecule has 1 aromatic rings. The number of halogens is 1. The van der Waals surface area contributed by atoms with Crippen LogP contribution in [0.3, 0.4) is 0 Å². The van der Waals surface area contributed by atoms with Crippen LogP contribution < -0.4 is 5.32 Å². The van der Waals surface area contributed by atoms with Crippen molar-refractivity contribution >= 4 is 33.6 Å². The van der Waals surface area contributed by atoms with E-state index < -0.39 is 11.7 Å². The molecule has 0 saturated heterocycles. The lowest BCUT2D eigenvalue weighted by Gasteiger charge is -2.26. The Hall–Kier alpha value is -1.60. The third-order valence-corrected chi connectivity index (χ3v) is 3.21. The molecule has 23 heavy (non-hydrogen) atoms. The molecule has 7 heteroatoms. The highest BCUT2D eigenvalue weighted by molar-refractivity contribution is 9.10. The van der Waals surface area contributed by atoms with Crippen LogP contribution in [-0.2, 0) is 14.3 Å². The first-order valence-electron chi connectivity index (χ1n) is 7.23. The summed E-state index contributed by atoms with van der Waals surface area (Å²) < 4.78 is 11.2. The maximum Gasteiger partial charge on any atom is 0.410 e. The van der Waals surface area contributed by atoms with Gasteiger partial charge >= 0.3 is 6.09 Å². The fraction of sp³-hybridized carbons (Fsp3) is 0.500. The molecule has 0 bridgehead atoms. The van der Waals surface area contributed by atoms with Crippen LogP contribution in [-0.4, -0.2) is 49.3 Å². The average molecular weight is 387 g/mol. The molecule has 1 N–H and O–H groups in total. The van der Waals surface area contributed by atoms with Crippen LogP contribution in [0.15, 0.2) is 28.7 Å². The maximum absolute atomic E-state index is 12.2. The number of benzene rings is 1. The van der Waals surface area contributed by atoms with Crippen LogP contribution in [0.2, 0.25) is 0 Å². The Morgan fingerprint density at radius 3 is 2.35 bits per heavy atom. The van der Waals surface area contributed by atoms with E-state index in [1.54, 1.807) is 32.9 Å². The van der Waals surface area contributed by atoms with Crippen molar-refractivity contribution < 1.29 is 19.1 Å². The minimum Gasteiger partial charge on any atom is -0.444 e. The maximum atomic E-state index is 12.2. The molecule has 0 aromatic heterocycles. The summed E-state index contributed by atoms with van der Waals surface area (Å²) in [6.45, 7) is 5.84. The van der Waals surface area contributed by atoms with Gasteiger partial charge in [-0.3, -0.25) is 9.69 Å². The topological polar surface area (TPSA) is 67.9 Å². The molecule has 0 aliphatic rings. The number of carbonyl (C=O) groups is 2. The summed E-state index contributed by atoms with van der Waals surface area (Å²) in [6.07, 6.45) is -0.541. The van der Waals surface area contributed by atoms with Crippen molar-refractivity contribution in [3.8, 4) is 0 Å². The smallest absolute Gasteiger partial charge is 0.410 e. The van der Waals surface area contributed by atoms with Gasteiger partial charge in [0.05, 0.1) is 6.61 Å². The molecular weight excluding hydrogens is 364 g/mol. The molecule has 0 unspecified atom stereocenters. The van der Waals surface area contributed by atoms with Crippen LogP contribution in [0.25, 0.3) is 0 Å². The largest absolute Gasteiger partial charge is 0.444 e. The highest BCUT2D eigenvalue weighted by Gasteiger charge is 2.23. The van der Waals surface area contributed by atoms with E-state index in [1.807, 2.05) is 12.1 Å². The first-order valence-corrected chi connectivity index (χ1v) is 8.03. The van der Waals surface area contributed by atoms with Crippen molar-refractivity contribution in [2.45, 2.75) is 26.4 Å². The molecule has 0 fully saturated rings. The lowest BCUT2D eigenvalue weighted by Crippen LogP contribution is -2.42. The van der Waals surface area contributed by atoms with Crippen LogP contribution in [0.4, 0.5) is 10.5 Å². The fourth-order valence-electron chi connectivity index (χ4n) is 1.67. The van der Waals surface area contributed by atoms with Gasteiger partial charge in [-0.05, 0) is 45.0 Å². The van der Waals surface area contributed by atoms with Gasteiger partial charge in [0.25, 0.3) is 0 Å². The van der Waals surface area contributed by atoms with Gasteiger partial charge in [-0.25, -0.2) is 4.79 Å². The minimum absolute atomic E-state index is 0.103. The van der Waals surface area contributed by atoms with E-state index in [4.69, 9.17) is 9.47 Å². The number of hydrogen-bond acceptors (Lipinski definition) is 4. The lowest BCUT2D eigenvalue weighted by atomic mass is 10.2. The monoisotopic (exact) mass is 386 g/mol. The third-order valence-electron chi connectivity index (χ3n) is 2.68. The van der Waals surface area contributed by atoms with Crippen LogP contribution in [0, 0.1) is 0 Å². The van der Waals surface area contributed by atoms with Gasteiger partial charge in [0, 0.05) is 23.8 Å². The van der Waals surface area contributed by atoms with Crippen LogP contribution in [0.5, 0.6) is 0 Å². The molecule has 2 amide bonds. The third kappa shape index (κ3) is 7.99. The zero-order valence-electron chi connectivity index (χ0n) is 13.9. The summed E-state index contributed by atoms with van der Waals surface area (Å²) in [7, 11) is 1.54. The molecule has 0 spiro atoms. The molecule has 0 aliphatic carbocycles. The highest BCUT2D eigenvalue weighted by Crippen LogP contribution is 2.14. The molecule has 0 saturated carbocycles. The Morgan fingerprint density at radius 1 is 1.22 bits per heavy atom. The summed E-state index contributed by atoms with van der Waals surface area (Å²) in [6, 6.07) is 7.20. The first kappa shape index (κ1) is 19.4. The summed E-state index contributed by atoms with van der Waals surface area (Å²) in [5.74, 6) is -0.297. The molecule has 0 atom stereocenters. The molecule has 128 valence electrons. The molecule has 1 rings (SSSR count). The standard InChI is InChI=1S/C16H23BrN2O4/c1-16(2,3)23-15(21)19(9-10-22-4)11-14(20)18-13-7-5-12(17)6-8-13/h5-8H,9-11H2,1-4H3,(H,18,20). The number of methoxy groups -OCH3 is 1. The van der Waals surface area contributed by atoms with Gasteiger partial charge in [0.1, 0.15) is 12.1 Å². The summed E-state index contributed by atoms with van der Waals surface area (Å²) in [4.78, 5) is 25.6. The predicted molar refractivity (Wildman–Crippen MR) is 92.5 cm³/mol. The number of anilines is 1. The molecule has 0 aliphatic heterocycles. The molecule has 0 heterocycles. The Morgan fingerprint density at radius 2 is 1.83 bits per heavy atom. The normalized spacial score (nSPS) is 11.0. The van der Waals surface area contributed by atoms with Crippen LogP contribution in [0.1, 0.15) is 20.8 Å². The fourth-order valence-corrected chi connectivity index (χ4v) is 1.93.